The first-order valence-electron chi connectivity index (χ1n) is 8.22. The topological polar surface area (TPSA) is 71.5 Å². The van der Waals surface area contributed by atoms with Gasteiger partial charge in [0.05, 0.1) is 0 Å². The van der Waals surface area contributed by atoms with Crippen LogP contribution in [-0.2, 0) is 11.2 Å². The van der Waals surface area contributed by atoms with Crippen LogP contribution in [0.4, 0.5) is 0 Å². The molecule has 0 atom stereocenters. The first kappa shape index (κ1) is 16.1. The van der Waals surface area contributed by atoms with Gasteiger partial charge in [-0.2, -0.15) is 5.21 Å². The molecule has 0 aliphatic rings. The van der Waals surface area contributed by atoms with Crippen molar-refractivity contribution in [3.8, 4) is 22.5 Å². The highest BCUT2D eigenvalue weighted by Gasteiger charge is 2.12. The summed E-state index contributed by atoms with van der Waals surface area (Å²) in [6.07, 6.45) is 2.86. The van der Waals surface area contributed by atoms with Gasteiger partial charge < -0.3 is 0 Å². The zero-order valence-electron chi connectivity index (χ0n) is 13.7. The van der Waals surface area contributed by atoms with E-state index in [1.165, 1.54) is 0 Å². The molecule has 0 bridgehead atoms. The number of carbonyl (C=O) groups is 1. The molecular formula is C19H20N4O. The normalized spacial score (nSPS) is 10.7. The number of hydrogen-bond donors (Lipinski definition) is 1. The van der Waals surface area contributed by atoms with Crippen molar-refractivity contribution < 1.29 is 4.79 Å². The number of carbonyl (C=O) groups excluding carboxylic acids is 1. The molecule has 122 valence electrons. The average Bonchev–Trinajstić information content (AvgIpc) is 3.15. The maximum absolute atomic E-state index is 11.8. The Hall–Kier alpha value is -2.82. The number of aromatic amines is 1. The third kappa shape index (κ3) is 3.74. The first-order chi connectivity index (χ1) is 11.8. The average molecular weight is 320 g/mol. The number of aromatic nitrogens is 4. The molecule has 5 nitrogen and oxygen atoms in total. The number of tetrazole rings is 1. The fourth-order valence-electron chi connectivity index (χ4n) is 2.76. The summed E-state index contributed by atoms with van der Waals surface area (Å²) in [5, 5.41) is 14.4. The van der Waals surface area contributed by atoms with Crippen LogP contribution in [0.15, 0.2) is 48.5 Å². The fraction of sp³-hybridized carbons (Fsp3) is 0.263. The zero-order chi connectivity index (χ0) is 16.8. The van der Waals surface area contributed by atoms with E-state index >= 15 is 0 Å². The molecule has 1 heterocycles. The number of aryl methyl sites for hydroxylation is 1. The molecule has 0 radical (unpaired) electrons. The van der Waals surface area contributed by atoms with Gasteiger partial charge in [0, 0.05) is 18.4 Å². The van der Waals surface area contributed by atoms with Gasteiger partial charge in [-0.05, 0) is 40.8 Å². The van der Waals surface area contributed by atoms with Gasteiger partial charge in [-0.3, -0.25) is 4.79 Å². The van der Waals surface area contributed by atoms with Crippen LogP contribution in [0.25, 0.3) is 22.5 Å². The third-order valence-corrected chi connectivity index (χ3v) is 3.98. The lowest BCUT2D eigenvalue weighted by molar-refractivity contribution is -0.119. The van der Waals surface area contributed by atoms with E-state index < -0.39 is 0 Å². The minimum Gasteiger partial charge on any atom is -0.300 e. The van der Waals surface area contributed by atoms with Crippen LogP contribution in [0.3, 0.4) is 0 Å². The zero-order valence-corrected chi connectivity index (χ0v) is 13.7. The third-order valence-electron chi connectivity index (χ3n) is 3.98. The Morgan fingerprint density at radius 3 is 2.58 bits per heavy atom. The quantitative estimate of drug-likeness (QED) is 0.718. The van der Waals surface area contributed by atoms with E-state index in [1.807, 2.05) is 25.1 Å². The summed E-state index contributed by atoms with van der Waals surface area (Å²) >= 11 is 0. The molecule has 0 spiro atoms. The van der Waals surface area contributed by atoms with E-state index in [-0.39, 0.29) is 0 Å². The lowest BCUT2D eigenvalue weighted by atomic mass is 9.95. The molecule has 0 fully saturated rings. The number of Topliss-reactive ketones (excluding diaryl/α,β-unsaturated/α-hetero) is 1. The number of benzene rings is 2. The van der Waals surface area contributed by atoms with Crippen molar-refractivity contribution in [1.82, 2.24) is 20.6 Å². The Kier molecular flexibility index (Phi) is 5.11. The predicted molar refractivity (Wildman–Crippen MR) is 93.3 cm³/mol. The van der Waals surface area contributed by atoms with Gasteiger partial charge in [0.15, 0.2) is 0 Å². The van der Waals surface area contributed by atoms with Gasteiger partial charge in [0.2, 0.25) is 5.82 Å². The largest absolute Gasteiger partial charge is 0.300 e. The van der Waals surface area contributed by atoms with Gasteiger partial charge in [-0.1, -0.05) is 49.4 Å². The number of rotatable bonds is 7. The number of nitrogens with one attached hydrogen (secondary N) is 1. The molecule has 0 unspecified atom stereocenters. The predicted octanol–water partition coefficient (Wildman–Crippen LogP) is 3.84. The van der Waals surface area contributed by atoms with Crippen molar-refractivity contribution in [1.29, 1.82) is 0 Å². The number of H-pyrrole nitrogens is 1. The summed E-state index contributed by atoms with van der Waals surface area (Å²) in [4.78, 5) is 11.8. The standard InChI is InChI=1S/C19H20N4O/c1-2-6-16(24)11-9-14-10-12-17(15-7-4-3-5-8-15)18(13-14)19-20-22-23-21-19/h3-5,7-8,10,12-13H,2,6,9,11H2,1H3,(H,20,21,22,23). The van der Waals surface area contributed by atoms with Gasteiger partial charge in [-0.25, -0.2) is 0 Å². The van der Waals surface area contributed by atoms with Gasteiger partial charge in [0.25, 0.3) is 0 Å². The highest BCUT2D eigenvalue weighted by molar-refractivity contribution is 5.81. The maximum atomic E-state index is 11.8. The highest BCUT2D eigenvalue weighted by atomic mass is 16.1. The summed E-state index contributed by atoms with van der Waals surface area (Å²) in [6, 6.07) is 16.3. The summed E-state index contributed by atoms with van der Waals surface area (Å²) in [6.45, 7) is 2.03. The van der Waals surface area contributed by atoms with Crippen LogP contribution >= 0.6 is 0 Å². The van der Waals surface area contributed by atoms with Crippen LogP contribution in [0, 0.1) is 0 Å². The molecule has 24 heavy (non-hydrogen) atoms. The molecule has 2 aromatic carbocycles. The van der Waals surface area contributed by atoms with Crippen molar-refractivity contribution in [3.05, 3.63) is 54.1 Å². The smallest absolute Gasteiger partial charge is 0.205 e. The van der Waals surface area contributed by atoms with Crippen LogP contribution in [-0.4, -0.2) is 26.4 Å². The molecule has 0 aliphatic carbocycles. The first-order valence-corrected chi connectivity index (χ1v) is 8.22. The maximum Gasteiger partial charge on any atom is 0.205 e. The van der Waals surface area contributed by atoms with Crippen LogP contribution in [0.1, 0.15) is 31.7 Å². The molecular weight excluding hydrogens is 300 g/mol. The van der Waals surface area contributed by atoms with Crippen LogP contribution in [0.5, 0.6) is 0 Å². The summed E-state index contributed by atoms with van der Waals surface area (Å²) in [5.74, 6) is 0.876. The molecule has 1 N–H and O–H groups in total. The van der Waals surface area contributed by atoms with E-state index in [1.54, 1.807) is 0 Å². The lowest BCUT2D eigenvalue weighted by Crippen LogP contribution is -2.00. The number of nitrogens with zero attached hydrogens (tertiary/aromatic N) is 3. The molecule has 0 saturated heterocycles. The van der Waals surface area contributed by atoms with Crippen molar-refractivity contribution in [2.24, 2.45) is 0 Å². The molecule has 3 aromatic rings. The van der Waals surface area contributed by atoms with E-state index in [0.717, 1.165) is 35.1 Å². The summed E-state index contributed by atoms with van der Waals surface area (Å²) in [7, 11) is 0. The minimum absolute atomic E-state index is 0.311. The van der Waals surface area contributed by atoms with E-state index in [4.69, 9.17) is 0 Å². The Morgan fingerprint density at radius 1 is 1.04 bits per heavy atom. The number of ketones is 1. The van der Waals surface area contributed by atoms with Crippen molar-refractivity contribution in [3.63, 3.8) is 0 Å². The second-order valence-electron chi connectivity index (χ2n) is 5.77. The fourth-order valence-corrected chi connectivity index (χ4v) is 2.76. The van der Waals surface area contributed by atoms with E-state index in [9.17, 15) is 4.79 Å². The van der Waals surface area contributed by atoms with Crippen molar-refractivity contribution in [2.75, 3.05) is 0 Å². The Balaban J connectivity index is 1.92. The van der Waals surface area contributed by atoms with E-state index in [0.29, 0.717) is 24.4 Å². The SMILES string of the molecule is CCCC(=O)CCc1ccc(-c2ccccc2)c(-c2nn[nH]n2)c1. The van der Waals surface area contributed by atoms with Gasteiger partial charge >= 0.3 is 0 Å². The van der Waals surface area contributed by atoms with Crippen LogP contribution in [0.2, 0.25) is 0 Å². The Bertz CT molecular complexity index is 797. The Labute approximate surface area is 141 Å². The van der Waals surface area contributed by atoms with Crippen molar-refractivity contribution in [2.45, 2.75) is 32.6 Å². The monoisotopic (exact) mass is 320 g/mol. The molecule has 0 aliphatic heterocycles. The molecule has 5 heteroatoms. The summed E-state index contributed by atoms with van der Waals surface area (Å²) < 4.78 is 0. The summed E-state index contributed by atoms with van der Waals surface area (Å²) in [5.41, 5.74) is 4.20. The van der Waals surface area contributed by atoms with Crippen molar-refractivity contribution >= 4 is 5.78 Å². The highest BCUT2D eigenvalue weighted by Crippen LogP contribution is 2.31. The Morgan fingerprint density at radius 2 is 1.88 bits per heavy atom. The molecule has 1 aromatic heterocycles. The minimum atomic E-state index is 0.311. The van der Waals surface area contributed by atoms with Gasteiger partial charge in [0.1, 0.15) is 5.78 Å². The molecule has 0 amide bonds. The van der Waals surface area contributed by atoms with Gasteiger partial charge in [-0.15, -0.1) is 10.2 Å². The number of hydrogen-bond acceptors (Lipinski definition) is 4. The molecule has 3 rings (SSSR count). The second kappa shape index (κ2) is 7.64. The van der Waals surface area contributed by atoms with Crippen LogP contribution < -0.4 is 0 Å². The second-order valence-corrected chi connectivity index (χ2v) is 5.77. The van der Waals surface area contributed by atoms with E-state index in [2.05, 4.69) is 51.0 Å². The lowest BCUT2D eigenvalue weighted by Gasteiger charge is -2.10. The molecule has 0 saturated carbocycles.